The number of nitrogens with one attached hydrogen (secondary N) is 1. The first-order valence-corrected chi connectivity index (χ1v) is 15.1. The number of oxime groups is 1. The van der Waals surface area contributed by atoms with Crippen LogP contribution in [0.25, 0.3) is 0 Å². The minimum absolute atomic E-state index is 0.000108. The lowest BCUT2D eigenvalue weighted by atomic mass is 9.49. The molecule has 4 atom stereocenters. The lowest BCUT2D eigenvalue weighted by Crippen LogP contribution is -2.76. The first kappa shape index (κ1) is 31.0. The van der Waals surface area contributed by atoms with Gasteiger partial charge >= 0.3 is 0 Å². The molecular weight excluding hydrogens is 544 g/mol. The second-order valence-electron chi connectivity index (χ2n) is 11.5. The molecule has 1 amide bonds. The Morgan fingerprint density at radius 1 is 1.14 bits per heavy atom. The Balaban J connectivity index is 1.07. The summed E-state index contributed by atoms with van der Waals surface area (Å²) in [4.78, 5) is 20.2. The van der Waals surface area contributed by atoms with E-state index in [1.807, 2.05) is 6.07 Å². The molecule has 1 saturated carbocycles. The number of nitrogens with two attached hydrogens (primary N) is 1. The summed E-state index contributed by atoms with van der Waals surface area (Å²) in [5, 5.41) is 19.5. The van der Waals surface area contributed by atoms with Crippen LogP contribution in [0.2, 0.25) is 0 Å². The largest absolute Gasteiger partial charge is 0.493 e. The van der Waals surface area contributed by atoms with Crippen LogP contribution in [0, 0.1) is 0 Å². The fourth-order valence-electron chi connectivity index (χ4n) is 7.15. The van der Waals surface area contributed by atoms with Gasteiger partial charge in [-0.1, -0.05) is 11.2 Å². The van der Waals surface area contributed by atoms with Crippen molar-refractivity contribution < 1.29 is 38.4 Å². The highest BCUT2D eigenvalue weighted by atomic mass is 16.6. The Hall–Kier alpha value is -2.48. The van der Waals surface area contributed by atoms with Gasteiger partial charge in [-0.2, -0.15) is 0 Å². The number of carbonyl (C=O) groups is 1. The van der Waals surface area contributed by atoms with Crippen molar-refractivity contribution in [3.05, 3.63) is 23.3 Å². The molecule has 1 saturated heterocycles. The average Bonchev–Trinajstić information content (AvgIpc) is 3.34. The van der Waals surface area contributed by atoms with Crippen molar-refractivity contribution in [2.45, 2.75) is 61.7 Å². The van der Waals surface area contributed by atoms with Crippen molar-refractivity contribution in [1.29, 1.82) is 0 Å². The highest BCUT2D eigenvalue weighted by Gasteiger charge is 2.72. The predicted molar refractivity (Wildman–Crippen MR) is 155 cm³/mol. The number of hydrogen-bond acceptors (Lipinski definition) is 11. The van der Waals surface area contributed by atoms with Crippen molar-refractivity contribution in [3.8, 4) is 11.5 Å². The lowest BCUT2D eigenvalue weighted by molar-refractivity contribution is -0.161. The monoisotopic (exact) mass is 590 g/mol. The van der Waals surface area contributed by atoms with Gasteiger partial charge in [0.15, 0.2) is 24.2 Å². The molecule has 2 aliphatic carbocycles. The minimum Gasteiger partial charge on any atom is -0.493 e. The van der Waals surface area contributed by atoms with Gasteiger partial charge in [0.2, 0.25) is 0 Å². The fraction of sp³-hybridized carbons (Fsp3) is 0.733. The molecule has 1 aromatic rings. The second-order valence-corrected chi connectivity index (χ2v) is 11.5. The number of amides is 1. The SMILES string of the molecule is COc1ccc2c3c1O[C@H]1/C(=N\OCC(=O)NCCCOCCOCCOCCCN)CC[C@@]4(O)[C@@H](C2)N(C)CC[C@]314. The molecule has 12 heteroatoms. The molecule has 0 radical (unpaired) electrons. The van der Waals surface area contributed by atoms with E-state index < -0.39 is 17.1 Å². The first-order chi connectivity index (χ1) is 20.5. The molecule has 5 rings (SSSR count). The van der Waals surface area contributed by atoms with E-state index in [-0.39, 0.29) is 18.6 Å². The molecule has 4 aliphatic rings. The van der Waals surface area contributed by atoms with Crippen LogP contribution in [0.5, 0.6) is 11.5 Å². The molecule has 2 fully saturated rings. The maximum Gasteiger partial charge on any atom is 0.260 e. The van der Waals surface area contributed by atoms with Crippen LogP contribution in [-0.4, -0.2) is 119 Å². The number of benzene rings is 1. The van der Waals surface area contributed by atoms with Crippen molar-refractivity contribution in [3.63, 3.8) is 0 Å². The quantitative estimate of drug-likeness (QED) is 0.176. The molecule has 4 N–H and O–H groups in total. The number of carbonyl (C=O) groups excluding carboxylic acids is 1. The Kier molecular flexibility index (Phi) is 10.2. The summed E-state index contributed by atoms with van der Waals surface area (Å²) < 4.78 is 28.6. The summed E-state index contributed by atoms with van der Waals surface area (Å²) in [6.45, 7) is 5.01. The van der Waals surface area contributed by atoms with Gasteiger partial charge in [-0.3, -0.25) is 4.79 Å². The van der Waals surface area contributed by atoms with E-state index in [0.717, 1.165) is 37.1 Å². The number of rotatable bonds is 17. The molecule has 12 nitrogen and oxygen atoms in total. The summed E-state index contributed by atoms with van der Waals surface area (Å²) in [7, 11) is 3.72. The average molecular weight is 591 g/mol. The zero-order valence-corrected chi connectivity index (χ0v) is 24.9. The number of methoxy groups -OCH3 is 1. The van der Waals surface area contributed by atoms with Crippen LogP contribution >= 0.6 is 0 Å². The standard InChI is InChI=1S/C30H46N4O8/c1-34-12-9-29-26-21-5-6-23(37-2)27(26)42-28(29)22(7-8-30(29,36)24(34)19-21)33-41-20-25(35)32-11-4-14-39-16-18-40-17-15-38-13-3-10-31/h5-6,24,28,36H,3-4,7-20,31H2,1-2H3,(H,32,35)/b33-22-/t24-,28+,29+,30-/m1/s1. The van der Waals surface area contributed by atoms with Crippen LogP contribution < -0.4 is 20.5 Å². The molecule has 2 bridgehead atoms. The number of hydrogen-bond donors (Lipinski definition) is 3. The van der Waals surface area contributed by atoms with Gasteiger partial charge in [0.1, 0.15) is 0 Å². The van der Waals surface area contributed by atoms with Crippen molar-refractivity contribution in [2.24, 2.45) is 10.9 Å². The normalized spacial score (nSPS) is 28.3. The third kappa shape index (κ3) is 5.85. The van der Waals surface area contributed by atoms with Crippen LogP contribution in [0.15, 0.2) is 17.3 Å². The van der Waals surface area contributed by atoms with E-state index >= 15 is 0 Å². The summed E-state index contributed by atoms with van der Waals surface area (Å²) >= 11 is 0. The van der Waals surface area contributed by atoms with E-state index in [1.54, 1.807) is 7.11 Å². The van der Waals surface area contributed by atoms with Crippen molar-refractivity contribution >= 4 is 11.6 Å². The molecule has 2 heterocycles. The molecule has 0 unspecified atom stereocenters. The number of aliphatic hydroxyl groups is 1. The van der Waals surface area contributed by atoms with Gasteiger partial charge in [0.05, 0.1) is 50.3 Å². The first-order valence-electron chi connectivity index (χ1n) is 15.1. The number of likely N-dealkylation sites (N-methyl/N-ethyl adjacent to an activating group) is 1. The summed E-state index contributed by atoms with van der Waals surface area (Å²) in [5.74, 6) is 1.12. The van der Waals surface area contributed by atoms with Gasteiger partial charge in [0.25, 0.3) is 5.91 Å². The van der Waals surface area contributed by atoms with Crippen LogP contribution in [0.1, 0.15) is 43.2 Å². The molecule has 2 aliphatic heterocycles. The van der Waals surface area contributed by atoms with Crippen molar-refractivity contribution in [2.75, 3.05) is 80.0 Å². The Morgan fingerprint density at radius 3 is 2.62 bits per heavy atom. The molecule has 1 spiro atoms. The molecule has 1 aromatic carbocycles. The summed E-state index contributed by atoms with van der Waals surface area (Å²) in [6, 6.07) is 4.05. The van der Waals surface area contributed by atoms with Gasteiger partial charge in [-0.05, 0) is 70.3 Å². The topological polar surface area (TPSA) is 146 Å². The zero-order valence-electron chi connectivity index (χ0n) is 24.9. The third-order valence-corrected chi connectivity index (χ3v) is 9.15. The smallest absolute Gasteiger partial charge is 0.260 e. The number of nitrogens with zero attached hydrogens (tertiary/aromatic N) is 2. The lowest BCUT2D eigenvalue weighted by Gasteiger charge is -2.62. The van der Waals surface area contributed by atoms with Gasteiger partial charge in [-0.15, -0.1) is 0 Å². The van der Waals surface area contributed by atoms with E-state index in [1.165, 1.54) is 5.56 Å². The van der Waals surface area contributed by atoms with E-state index in [0.29, 0.717) is 83.5 Å². The maximum atomic E-state index is 12.4. The minimum atomic E-state index is -0.946. The molecule has 0 aromatic heterocycles. The van der Waals surface area contributed by atoms with Crippen molar-refractivity contribution in [1.82, 2.24) is 10.2 Å². The molecule has 42 heavy (non-hydrogen) atoms. The number of piperidine rings is 1. The Bertz CT molecular complexity index is 1120. The maximum absolute atomic E-state index is 12.4. The predicted octanol–water partition coefficient (Wildman–Crippen LogP) is 0.757. The molecular formula is C30H46N4O8. The summed E-state index contributed by atoms with van der Waals surface area (Å²) in [6.07, 6.45) is 3.66. The van der Waals surface area contributed by atoms with E-state index in [4.69, 9.17) is 34.3 Å². The van der Waals surface area contributed by atoms with Crippen LogP contribution in [0.4, 0.5) is 0 Å². The highest BCUT2D eigenvalue weighted by Crippen LogP contribution is 2.64. The number of likely N-dealkylation sites (tertiary alicyclic amines) is 1. The fourth-order valence-corrected chi connectivity index (χ4v) is 7.15. The molecule has 234 valence electrons. The second kappa shape index (κ2) is 13.9. The Labute approximate surface area is 247 Å². The van der Waals surface area contributed by atoms with E-state index in [2.05, 4.69) is 28.5 Å². The third-order valence-electron chi connectivity index (χ3n) is 9.15. The highest BCUT2D eigenvalue weighted by molar-refractivity contribution is 5.94. The van der Waals surface area contributed by atoms with E-state index in [9.17, 15) is 9.90 Å². The Morgan fingerprint density at radius 2 is 1.88 bits per heavy atom. The van der Waals surface area contributed by atoms with Crippen LogP contribution in [-0.2, 0) is 35.7 Å². The zero-order chi connectivity index (χ0) is 29.6. The van der Waals surface area contributed by atoms with Gasteiger partial charge in [-0.25, -0.2) is 0 Å². The van der Waals surface area contributed by atoms with Crippen LogP contribution in [0.3, 0.4) is 0 Å². The summed E-state index contributed by atoms with van der Waals surface area (Å²) in [5.41, 5.74) is 6.82. The van der Waals surface area contributed by atoms with Gasteiger partial charge < -0.3 is 49.6 Å². The van der Waals surface area contributed by atoms with Gasteiger partial charge in [0, 0.05) is 31.4 Å². The number of ether oxygens (including phenoxy) is 5.